The third-order valence-electron chi connectivity index (χ3n) is 2.50. The lowest BCUT2D eigenvalue weighted by Gasteiger charge is -2.12. The van der Waals surface area contributed by atoms with Gasteiger partial charge in [0, 0.05) is 6.42 Å². The van der Waals surface area contributed by atoms with Crippen LogP contribution in [0.3, 0.4) is 0 Å². The van der Waals surface area contributed by atoms with Gasteiger partial charge in [-0.1, -0.05) is 12.1 Å². The van der Waals surface area contributed by atoms with Crippen molar-refractivity contribution in [2.24, 2.45) is 0 Å². The third kappa shape index (κ3) is 1.70. The monoisotopic (exact) mass is 231 g/mol. The Morgan fingerprint density at radius 1 is 1.44 bits per heavy atom. The molecule has 0 aliphatic carbocycles. The molecule has 0 amide bonds. The molecule has 1 aliphatic rings. The van der Waals surface area contributed by atoms with E-state index in [1.54, 1.807) is 0 Å². The highest BCUT2D eigenvalue weighted by Crippen LogP contribution is 2.39. The maximum Gasteiger partial charge on any atom is 0.418 e. The first-order valence-electron chi connectivity index (χ1n) is 4.58. The summed E-state index contributed by atoms with van der Waals surface area (Å²) in [6.45, 7) is 0. The van der Waals surface area contributed by atoms with E-state index in [-0.39, 0.29) is 12.1 Å². The van der Waals surface area contributed by atoms with Gasteiger partial charge in [0.05, 0.1) is 11.3 Å². The number of para-hydroxylation sites is 1. The van der Waals surface area contributed by atoms with Crippen LogP contribution < -0.4 is 5.32 Å². The number of carboxylic acid groups (broad SMARTS) is 1. The summed E-state index contributed by atoms with van der Waals surface area (Å²) >= 11 is 0. The van der Waals surface area contributed by atoms with Crippen LogP contribution >= 0.6 is 0 Å². The smallest absolute Gasteiger partial charge is 0.418 e. The number of carbonyl (C=O) groups is 1. The molecule has 1 aromatic rings. The molecule has 2 rings (SSSR count). The van der Waals surface area contributed by atoms with Crippen LogP contribution in [-0.4, -0.2) is 17.1 Å². The van der Waals surface area contributed by atoms with Gasteiger partial charge in [-0.3, -0.25) is 0 Å². The van der Waals surface area contributed by atoms with E-state index in [2.05, 4.69) is 5.32 Å². The quantitative estimate of drug-likeness (QED) is 0.778. The Bertz CT molecular complexity index is 442. The fraction of sp³-hybridized carbons (Fsp3) is 0.300. The summed E-state index contributed by atoms with van der Waals surface area (Å²) in [7, 11) is 0. The van der Waals surface area contributed by atoms with Crippen LogP contribution in [0.25, 0.3) is 0 Å². The zero-order valence-electron chi connectivity index (χ0n) is 8.01. The number of hydrogen-bond acceptors (Lipinski definition) is 2. The van der Waals surface area contributed by atoms with Crippen LogP contribution in [0.5, 0.6) is 0 Å². The molecule has 1 aromatic carbocycles. The molecule has 3 nitrogen and oxygen atoms in total. The summed E-state index contributed by atoms with van der Waals surface area (Å²) in [5.74, 6) is -1.15. The van der Waals surface area contributed by atoms with Crippen molar-refractivity contribution in [3.05, 3.63) is 29.3 Å². The molecule has 1 atom stereocenters. The summed E-state index contributed by atoms with van der Waals surface area (Å²) < 4.78 is 37.8. The number of alkyl halides is 3. The molecule has 0 bridgehead atoms. The summed E-state index contributed by atoms with van der Waals surface area (Å²) in [6, 6.07) is 2.75. The number of nitrogens with one attached hydrogen (secondary N) is 1. The van der Waals surface area contributed by atoms with Gasteiger partial charge < -0.3 is 10.4 Å². The van der Waals surface area contributed by atoms with Gasteiger partial charge in [-0.15, -0.1) is 0 Å². The standard InChI is InChI=1S/C10H8F3NO2/c11-10(12,13)6-3-1-2-5-4-7(9(15)16)14-8(5)6/h1-3,7,14H,4H2,(H,15,16). The number of aliphatic carboxylic acids is 1. The minimum absolute atomic E-state index is 0.0780. The van der Waals surface area contributed by atoms with Gasteiger partial charge in [0.1, 0.15) is 6.04 Å². The Kier molecular flexibility index (Phi) is 2.29. The molecule has 0 fully saturated rings. The van der Waals surface area contributed by atoms with Crippen LogP contribution in [0.1, 0.15) is 11.1 Å². The largest absolute Gasteiger partial charge is 0.480 e. The molecule has 0 aromatic heterocycles. The van der Waals surface area contributed by atoms with E-state index >= 15 is 0 Å². The third-order valence-corrected chi connectivity index (χ3v) is 2.50. The number of carboxylic acids is 1. The van der Waals surface area contributed by atoms with Crippen LogP contribution in [0.4, 0.5) is 18.9 Å². The first kappa shape index (κ1) is 10.8. The molecule has 2 N–H and O–H groups in total. The second-order valence-corrected chi connectivity index (χ2v) is 3.58. The number of rotatable bonds is 1. The number of benzene rings is 1. The minimum atomic E-state index is -4.47. The van der Waals surface area contributed by atoms with E-state index in [9.17, 15) is 18.0 Å². The Labute approximate surface area is 88.9 Å². The predicted molar refractivity (Wildman–Crippen MR) is 50.2 cm³/mol. The minimum Gasteiger partial charge on any atom is -0.480 e. The van der Waals surface area contributed by atoms with Crippen molar-refractivity contribution < 1.29 is 23.1 Å². The summed E-state index contributed by atoms with van der Waals surface area (Å²) in [6.07, 6.45) is -4.39. The molecule has 86 valence electrons. The molecule has 0 radical (unpaired) electrons. The summed E-state index contributed by atoms with van der Waals surface area (Å²) in [4.78, 5) is 10.7. The van der Waals surface area contributed by atoms with Gasteiger partial charge in [-0.25, -0.2) is 4.79 Å². The lowest BCUT2D eigenvalue weighted by molar-refractivity contribution is -0.139. The van der Waals surface area contributed by atoms with E-state index in [0.29, 0.717) is 5.56 Å². The zero-order valence-corrected chi connectivity index (χ0v) is 8.01. The van der Waals surface area contributed by atoms with E-state index in [4.69, 9.17) is 5.11 Å². The topological polar surface area (TPSA) is 49.3 Å². The fourth-order valence-corrected chi connectivity index (χ4v) is 1.77. The van der Waals surface area contributed by atoms with Crippen molar-refractivity contribution in [2.45, 2.75) is 18.6 Å². The molecule has 1 aliphatic heterocycles. The highest BCUT2D eigenvalue weighted by Gasteiger charge is 2.38. The average Bonchev–Trinajstić information content (AvgIpc) is 2.58. The lowest BCUT2D eigenvalue weighted by atomic mass is 10.1. The van der Waals surface area contributed by atoms with Gasteiger partial charge in [-0.05, 0) is 11.6 Å². The van der Waals surface area contributed by atoms with Crippen LogP contribution in [-0.2, 0) is 17.4 Å². The predicted octanol–water partition coefficient (Wildman–Crippen LogP) is 2.13. The summed E-state index contributed by atoms with van der Waals surface area (Å²) in [5, 5.41) is 11.1. The van der Waals surface area contributed by atoms with Crippen molar-refractivity contribution >= 4 is 11.7 Å². The Morgan fingerprint density at radius 2 is 2.12 bits per heavy atom. The van der Waals surface area contributed by atoms with E-state index in [0.717, 1.165) is 6.07 Å². The van der Waals surface area contributed by atoms with Gasteiger partial charge >= 0.3 is 12.1 Å². The van der Waals surface area contributed by atoms with Crippen LogP contribution in [0.2, 0.25) is 0 Å². The first-order valence-corrected chi connectivity index (χ1v) is 4.58. The highest BCUT2D eigenvalue weighted by atomic mass is 19.4. The molecule has 0 saturated carbocycles. The van der Waals surface area contributed by atoms with Crippen molar-refractivity contribution in [1.82, 2.24) is 0 Å². The molecule has 1 heterocycles. The number of halogens is 3. The second-order valence-electron chi connectivity index (χ2n) is 3.58. The molecule has 0 saturated heterocycles. The van der Waals surface area contributed by atoms with Crippen LogP contribution in [0.15, 0.2) is 18.2 Å². The highest BCUT2D eigenvalue weighted by molar-refractivity contribution is 5.82. The van der Waals surface area contributed by atoms with Gasteiger partial charge in [0.15, 0.2) is 0 Å². The lowest BCUT2D eigenvalue weighted by Crippen LogP contribution is -2.26. The molecule has 1 unspecified atom stereocenters. The molecular weight excluding hydrogens is 223 g/mol. The number of fused-ring (bicyclic) bond motifs is 1. The first-order chi connectivity index (χ1) is 7.39. The Morgan fingerprint density at radius 3 is 2.69 bits per heavy atom. The number of hydrogen-bond donors (Lipinski definition) is 2. The maximum atomic E-state index is 12.6. The fourth-order valence-electron chi connectivity index (χ4n) is 1.77. The van der Waals surface area contributed by atoms with Crippen molar-refractivity contribution in [1.29, 1.82) is 0 Å². The second kappa shape index (κ2) is 3.40. The summed E-state index contributed by atoms with van der Waals surface area (Å²) in [5.41, 5.74) is -0.529. The maximum absolute atomic E-state index is 12.6. The van der Waals surface area contributed by atoms with Gasteiger partial charge in [-0.2, -0.15) is 13.2 Å². The normalized spacial score (nSPS) is 19.1. The Balaban J connectivity index is 2.42. The average molecular weight is 231 g/mol. The molecule has 6 heteroatoms. The van der Waals surface area contributed by atoms with Crippen molar-refractivity contribution in [3.8, 4) is 0 Å². The van der Waals surface area contributed by atoms with Crippen molar-refractivity contribution in [2.75, 3.05) is 5.32 Å². The van der Waals surface area contributed by atoms with Gasteiger partial charge in [0.2, 0.25) is 0 Å². The van der Waals surface area contributed by atoms with Gasteiger partial charge in [0.25, 0.3) is 0 Å². The molecule has 0 spiro atoms. The van der Waals surface area contributed by atoms with Crippen LogP contribution in [0, 0.1) is 0 Å². The van der Waals surface area contributed by atoms with Crippen molar-refractivity contribution in [3.63, 3.8) is 0 Å². The molecular formula is C10H8F3NO2. The SMILES string of the molecule is O=C(O)C1Cc2cccc(C(F)(F)F)c2N1. The Hall–Kier alpha value is -1.72. The van der Waals surface area contributed by atoms with E-state index < -0.39 is 23.8 Å². The van der Waals surface area contributed by atoms with E-state index in [1.807, 2.05) is 0 Å². The molecule has 16 heavy (non-hydrogen) atoms. The number of anilines is 1. The zero-order chi connectivity index (χ0) is 11.9. The van der Waals surface area contributed by atoms with E-state index in [1.165, 1.54) is 12.1 Å².